The van der Waals surface area contributed by atoms with E-state index in [0.29, 0.717) is 15.4 Å². The highest BCUT2D eigenvalue weighted by molar-refractivity contribution is 9.10. The van der Waals surface area contributed by atoms with E-state index in [-0.39, 0.29) is 11.9 Å². The molecular formula is C12H14Br2ClNO. The Morgan fingerprint density at radius 3 is 2.65 bits per heavy atom. The monoisotopic (exact) mass is 381 g/mol. The van der Waals surface area contributed by atoms with Gasteiger partial charge in [0.15, 0.2) is 0 Å². The molecule has 1 aromatic rings. The van der Waals surface area contributed by atoms with Gasteiger partial charge in [0.05, 0.1) is 10.6 Å². The first-order valence-corrected chi connectivity index (χ1v) is 7.38. The lowest BCUT2D eigenvalue weighted by atomic mass is 10.1. The van der Waals surface area contributed by atoms with Gasteiger partial charge in [-0.15, -0.1) is 0 Å². The summed E-state index contributed by atoms with van der Waals surface area (Å²) in [6.45, 7) is 4.03. The van der Waals surface area contributed by atoms with Gasteiger partial charge in [-0.05, 0) is 31.5 Å². The highest BCUT2D eigenvalue weighted by Gasteiger charge is 2.14. The Bertz CT molecular complexity index is 409. The van der Waals surface area contributed by atoms with Gasteiger partial charge in [0.1, 0.15) is 0 Å². The Morgan fingerprint density at radius 1 is 1.47 bits per heavy atom. The number of carbonyl (C=O) groups excluding carboxylic acids is 1. The van der Waals surface area contributed by atoms with E-state index in [0.717, 1.165) is 10.9 Å². The molecule has 2 unspecified atom stereocenters. The van der Waals surface area contributed by atoms with Crippen molar-refractivity contribution in [2.45, 2.75) is 31.1 Å². The second-order valence-electron chi connectivity index (χ2n) is 4.02. The molecule has 0 saturated heterocycles. The van der Waals surface area contributed by atoms with Gasteiger partial charge in [0, 0.05) is 15.3 Å². The number of amides is 1. The number of hydrogen-bond donors (Lipinski definition) is 1. The van der Waals surface area contributed by atoms with Crippen LogP contribution in [0.2, 0.25) is 5.02 Å². The Kier molecular flexibility index (Phi) is 5.97. The Hall–Kier alpha value is -0.0600. The Balaban J connectivity index is 2.70. The zero-order valence-corrected chi connectivity index (χ0v) is 13.6. The van der Waals surface area contributed by atoms with E-state index < -0.39 is 0 Å². The lowest BCUT2D eigenvalue weighted by molar-refractivity contribution is 0.0939. The first kappa shape index (κ1) is 15.0. The molecule has 0 heterocycles. The standard InChI is InChI=1S/C12H14Br2ClNO/c1-7(13)5-8(2)16-12(17)10-4-3-9(14)6-11(10)15/h3-4,6-8H,5H2,1-2H3,(H,16,17). The Morgan fingerprint density at radius 2 is 2.12 bits per heavy atom. The molecule has 94 valence electrons. The maximum atomic E-state index is 11.9. The minimum absolute atomic E-state index is 0.108. The summed E-state index contributed by atoms with van der Waals surface area (Å²) in [6.07, 6.45) is 0.875. The first-order valence-electron chi connectivity index (χ1n) is 5.30. The predicted molar refractivity (Wildman–Crippen MR) is 79.1 cm³/mol. The van der Waals surface area contributed by atoms with E-state index in [9.17, 15) is 4.79 Å². The van der Waals surface area contributed by atoms with Crippen LogP contribution in [-0.2, 0) is 0 Å². The normalized spacial score (nSPS) is 14.2. The fourth-order valence-corrected chi connectivity index (χ4v) is 2.84. The van der Waals surface area contributed by atoms with Crippen LogP contribution in [0.15, 0.2) is 22.7 Å². The summed E-state index contributed by atoms with van der Waals surface area (Å²) in [6, 6.07) is 5.34. The average Bonchev–Trinajstić information content (AvgIpc) is 2.15. The van der Waals surface area contributed by atoms with Crippen LogP contribution in [0.25, 0.3) is 0 Å². The molecule has 17 heavy (non-hydrogen) atoms. The van der Waals surface area contributed by atoms with E-state index >= 15 is 0 Å². The van der Waals surface area contributed by atoms with Crippen molar-refractivity contribution in [1.29, 1.82) is 0 Å². The number of nitrogens with one attached hydrogen (secondary N) is 1. The predicted octanol–water partition coefficient (Wildman–Crippen LogP) is 4.39. The molecule has 0 bridgehead atoms. The number of alkyl halides is 1. The molecule has 0 saturated carbocycles. The van der Waals surface area contributed by atoms with Crippen LogP contribution >= 0.6 is 43.5 Å². The van der Waals surface area contributed by atoms with Crippen LogP contribution in [0.3, 0.4) is 0 Å². The molecule has 5 heteroatoms. The minimum atomic E-state index is -0.136. The molecule has 0 aliphatic carbocycles. The smallest absolute Gasteiger partial charge is 0.253 e. The fourth-order valence-electron chi connectivity index (χ4n) is 1.52. The largest absolute Gasteiger partial charge is 0.350 e. The van der Waals surface area contributed by atoms with E-state index in [1.807, 2.05) is 6.92 Å². The Labute approximate surface area is 123 Å². The maximum absolute atomic E-state index is 11.9. The zero-order chi connectivity index (χ0) is 13.0. The van der Waals surface area contributed by atoms with Crippen molar-refractivity contribution in [3.8, 4) is 0 Å². The van der Waals surface area contributed by atoms with E-state index in [1.54, 1.807) is 18.2 Å². The topological polar surface area (TPSA) is 29.1 Å². The summed E-state index contributed by atoms with van der Waals surface area (Å²) in [7, 11) is 0. The number of carbonyl (C=O) groups is 1. The third kappa shape index (κ3) is 4.98. The lowest BCUT2D eigenvalue weighted by Gasteiger charge is -2.15. The van der Waals surface area contributed by atoms with Crippen molar-refractivity contribution in [1.82, 2.24) is 5.32 Å². The second kappa shape index (κ2) is 6.76. The molecule has 2 atom stereocenters. The number of benzene rings is 1. The van der Waals surface area contributed by atoms with Gasteiger partial charge >= 0.3 is 0 Å². The van der Waals surface area contributed by atoms with Crippen LogP contribution < -0.4 is 5.32 Å². The molecule has 1 aromatic carbocycles. The van der Waals surface area contributed by atoms with Gasteiger partial charge in [-0.1, -0.05) is 50.4 Å². The summed E-state index contributed by atoms with van der Waals surface area (Å²) in [5.74, 6) is -0.136. The first-order chi connectivity index (χ1) is 7.90. The minimum Gasteiger partial charge on any atom is -0.350 e. The van der Waals surface area contributed by atoms with Crippen molar-refractivity contribution in [2.75, 3.05) is 0 Å². The van der Waals surface area contributed by atoms with Gasteiger partial charge in [-0.2, -0.15) is 0 Å². The van der Waals surface area contributed by atoms with E-state index in [1.165, 1.54) is 0 Å². The number of hydrogen-bond acceptors (Lipinski definition) is 1. The second-order valence-corrected chi connectivity index (χ2v) is 6.90. The van der Waals surface area contributed by atoms with Crippen molar-refractivity contribution in [3.63, 3.8) is 0 Å². The molecule has 0 aromatic heterocycles. The highest BCUT2D eigenvalue weighted by atomic mass is 79.9. The third-order valence-electron chi connectivity index (χ3n) is 2.23. The SMILES string of the molecule is CC(Br)CC(C)NC(=O)c1ccc(Br)cc1Cl. The molecule has 0 fully saturated rings. The van der Waals surface area contributed by atoms with Crippen molar-refractivity contribution < 1.29 is 4.79 Å². The van der Waals surface area contributed by atoms with E-state index in [2.05, 4.69) is 44.1 Å². The summed E-state index contributed by atoms with van der Waals surface area (Å²) in [5.41, 5.74) is 0.504. The third-order valence-corrected chi connectivity index (χ3v) is 3.41. The molecule has 0 aliphatic heterocycles. The van der Waals surface area contributed by atoms with Crippen LogP contribution in [0.1, 0.15) is 30.6 Å². The van der Waals surface area contributed by atoms with E-state index in [4.69, 9.17) is 11.6 Å². The van der Waals surface area contributed by atoms with Crippen LogP contribution in [0, 0.1) is 0 Å². The highest BCUT2D eigenvalue weighted by Crippen LogP contribution is 2.21. The number of rotatable bonds is 4. The molecule has 0 spiro atoms. The van der Waals surface area contributed by atoms with Gasteiger partial charge in [-0.3, -0.25) is 4.79 Å². The summed E-state index contributed by atoms with van der Waals surface area (Å²) >= 11 is 12.8. The molecule has 1 rings (SSSR count). The molecule has 1 N–H and O–H groups in total. The molecule has 0 aliphatic rings. The van der Waals surface area contributed by atoms with Crippen molar-refractivity contribution in [2.24, 2.45) is 0 Å². The quantitative estimate of drug-likeness (QED) is 0.768. The molecule has 2 nitrogen and oxygen atoms in total. The zero-order valence-electron chi connectivity index (χ0n) is 9.64. The van der Waals surface area contributed by atoms with Crippen LogP contribution in [0.5, 0.6) is 0 Å². The maximum Gasteiger partial charge on any atom is 0.253 e. The summed E-state index contributed by atoms with van der Waals surface area (Å²) < 4.78 is 0.862. The molecule has 0 radical (unpaired) electrons. The number of halogens is 3. The molecule has 1 amide bonds. The van der Waals surface area contributed by atoms with Gasteiger partial charge in [0.25, 0.3) is 5.91 Å². The molecular weight excluding hydrogens is 369 g/mol. The summed E-state index contributed by atoms with van der Waals surface area (Å²) in [4.78, 5) is 12.3. The fraction of sp³-hybridized carbons (Fsp3) is 0.417. The average molecular weight is 384 g/mol. The van der Waals surface area contributed by atoms with Crippen LogP contribution in [-0.4, -0.2) is 16.8 Å². The van der Waals surface area contributed by atoms with Crippen molar-refractivity contribution in [3.05, 3.63) is 33.3 Å². The lowest BCUT2D eigenvalue weighted by Crippen LogP contribution is -2.34. The van der Waals surface area contributed by atoms with Crippen molar-refractivity contribution >= 4 is 49.4 Å². The van der Waals surface area contributed by atoms with Gasteiger partial charge < -0.3 is 5.32 Å². The summed E-state index contributed by atoms with van der Waals surface area (Å²) in [5, 5.41) is 3.37. The van der Waals surface area contributed by atoms with Gasteiger partial charge in [0.2, 0.25) is 0 Å². The van der Waals surface area contributed by atoms with Crippen LogP contribution in [0.4, 0.5) is 0 Å². The van der Waals surface area contributed by atoms with Gasteiger partial charge in [-0.25, -0.2) is 0 Å².